The monoisotopic (exact) mass is 818 g/mol. The molecule has 0 amide bonds. The molecule has 0 saturated heterocycles. The molecule has 0 saturated carbocycles. The summed E-state index contributed by atoms with van der Waals surface area (Å²) in [7, 11) is 0. The second-order valence-corrected chi connectivity index (χ2v) is 20.2. The molecule has 0 heterocycles. The van der Waals surface area contributed by atoms with Crippen LogP contribution in [-0.4, -0.2) is 137 Å². The lowest BCUT2D eigenvalue weighted by molar-refractivity contribution is -0.285. The molecule has 0 aromatic heterocycles. The lowest BCUT2D eigenvalue weighted by Crippen LogP contribution is -2.10. The van der Waals surface area contributed by atoms with Crippen LogP contribution in [0.4, 0.5) is 0 Å². The number of esters is 2. The number of thioether (sulfide) groups is 11. The third kappa shape index (κ3) is 40.6. The minimum Gasteiger partial charge on any atom is -0.464 e. The van der Waals surface area contributed by atoms with Crippen molar-refractivity contribution >= 4 is 141 Å². The molecule has 0 aliphatic rings. The Labute approximate surface area is 302 Å². The van der Waals surface area contributed by atoms with Crippen molar-refractivity contribution in [2.45, 2.75) is 0 Å². The maximum absolute atomic E-state index is 11.8. The van der Waals surface area contributed by atoms with Gasteiger partial charge in [0.1, 0.15) is 18.5 Å². The number of carbonyl (C=O) groups is 2. The van der Waals surface area contributed by atoms with E-state index >= 15 is 0 Å². The first-order valence-corrected chi connectivity index (χ1v) is 25.3. The number of rotatable bonds is 36. The quantitative estimate of drug-likeness (QED) is 0.0268. The summed E-state index contributed by atoms with van der Waals surface area (Å²) >= 11 is 17.8. The first-order chi connectivity index (χ1) is 21.2. The highest BCUT2D eigenvalue weighted by Crippen LogP contribution is 2.20. The van der Waals surface area contributed by atoms with Gasteiger partial charge in [0.2, 0.25) is 0 Å². The summed E-state index contributed by atoms with van der Waals surface area (Å²) in [5, 5.41) is 22.5. The Morgan fingerprint density at radius 2 is 0.837 bits per heavy atom. The number of hydrogen-bond acceptors (Lipinski definition) is 21. The topological polar surface area (TPSA) is 130 Å². The smallest absolute Gasteiger partial charge is 0.316 e. The van der Waals surface area contributed by atoms with E-state index in [-0.39, 0.29) is 23.8 Å². The van der Waals surface area contributed by atoms with Gasteiger partial charge in [-0.25, -0.2) is 19.6 Å². The zero-order valence-electron chi connectivity index (χ0n) is 23.8. The Balaban J connectivity index is 3.18. The first kappa shape index (κ1) is 45.6. The van der Waals surface area contributed by atoms with Crippen molar-refractivity contribution in [2.75, 3.05) is 115 Å². The Bertz CT molecular complexity index is 606. The van der Waals surface area contributed by atoms with Crippen LogP contribution in [0.25, 0.3) is 0 Å². The zero-order valence-corrected chi connectivity index (χ0v) is 32.8. The van der Waals surface area contributed by atoms with Crippen molar-refractivity contribution in [1.29, 1.82) is 0 Å². The largest absolute Gasteiger partial charge is 0.464 e. The fourth-order valence-electron chi connectivity index (χ4n) is 1.95. The Morgan fingerprint density at radius 3 is 1.40 bits per heavy atom. The fraction of sp³-hybridized carbons (Fsp3) is 0.909. The second kappa shape index (κ2) is 40.7. The van der Waals surface area contributed by atoms with E-state index in [1.807, 2.05) is 0 Å². The number of carbonyl (C=O) groups excluding carboxylic acids is 2. The van der Waals surface area contributed by atoms with Gasteiger partial charge in [-0.2, -0.15) is 0 Å². The average molecular weight is 819 g/mol. The van der Waals surface area contributed by atoms with Gasteiger partial charge in [0.25, 0.3) is 0 Å². The minimum absolute atomic E-state index is 0.0452. The summed E-state index contributed by atoms with van der Waals surface area (Å²) < 4.78 is 10.3. The third-order valence-corrected chi connectivity index (χ3v) is 15.3. The molecule has 0 aliphatic carbocycles. The van der Waals surface area contributed by atoms with Gasteiger partial charge in [-0.3, -0.25) is 9.59 Å². The molecule has 2 N–H and O–H groups in total. The van der Waals surface area contributed by atoms with Gasteiger partial charge in [-0.15, -0.1) is 129 Å². The molecule has 0 bridgehead atoms. The van der Waals surface area contributed by atoms with Crippen LogP contribution < -0.4 is 0 Å². The van der Waals surface area contributed by atoms with E-state index < -0.39 is 0 Å². The van der Waals surface area contributed by atoms with Gasteiger partial charge >= 0.3 is 11.9 Å². The van der Waals surface area contributed by atoms with Crippen molar-refractivity contribution in [3.8, 4) is 0 Å². The maximum Gasteiger partial charge on any atom is 0.316 e. The van der Waals surface area contributed by atoms with Gasteiger partial charge in [0.15, 0.2) is 0 Å². The standard InChI is InChI=1S/C22H42O10S11/c23-11-33-5-1-27-21(25)9-37-17-41-16-36-8-4-31-32-14-40-20-43-19-39-13-28-22(26)10-38-18-42-15-35-7-3-30-29-2-6-34-12-24/h23-24H,1-20H2. The molecular formula is C22H42O10S11. The second-order valence-electron chi connectivity index (χ2n) is 6.87. The molecule has 0 atom stereocenters. The van der Waals surface area contributed by atoms with E-state index in [0.29, 0.717) is 61.3 Å². The van der Waals surface area contributed by atoms with Crippen molar-refractivity contribution in [3.05, 3.63) is 0 Å². The van der Waals surface area contributed by atoms with Gasteiger partial charge in [-0.05, 0) is 0 Å². The van der Waals surface area contributed by atoms with Crippen LogP contribution in [0.15, 0.2) is 0 Å². The highest BCUT2D eigenvalue weighted by molar-refractivity contribution is 8.23. The molecule has 0 rings (SSSR count). The van der Waals surface area contributed by atoms with Crippen LogP contribution in [-0.2, 0) is 38.6 Å². The molecular weight excluding hydrogens is 777 g/mol. The molecule has 0 unspecified atom stereocenters. The number of hydrogen-bond donors (Lipinski definition) is 2. The predicted octanol–water partition coefficient (Wildman–Crippen LogP) is 5.59. The summed E-state index contributed by atoms with van der Waals surface area (Å²) in [5.41, 5.74) is 0. The van der Waals surface area contributed by atoms with Gasteiger partial charge in [-0.1, -0.05) is 0 Å². The van der Waals surface area contributed by atoms with Crippen molar-refractivity contribution in [2.24, 2.45) is 0 Å². The molecule has 0 fully saturated rings. The summed E-state index contributed by atoms with van der Waals surface area (Å²) in [6, 6.07) is 0. The van der Waals surface area contributed by atoms with Crippen LogP contribution in [0.1, 0.15) is 0 Å². The van der Waals surface area contributed by atoms with Crippen molar-refractivity contribution in [1.82, 2.24) is 0 Å². The highest BCUT2D eigenvalue weighted by atomic mass is 32.2. The molecule has 0 spiro atoms. The van der Waals surface area contributed by atoms with E-state index in [1.54, 1.807) is 106 Å². The molecule has 0 aliphatic heterocycles. The highest BCUT2D eigenvalue weighted by Gasteiger charge is 2.04. The van der Waals surface area contributed by atoms with Gasteiger partial charge < -0.3 is 19.7 Å². The van der Waals surface area contributed by atoms with Crippen LogP contribution in [0.2, 0.25) is 0 Å². The van der Waals surface area contributed by atoms with Crippen LogP contribution in [0.5, 0.6) is 0 Å². The molecule has 0 aromatic rings. The number of aliphatic hydroxyl groups is 2. The van der Waals surface area contributed by atoms with Crippen molar-refractivity contribution in [3.63, 3.8) is 0 Å². The Morgan fingerprint density at radius 1 is 0.419 bits per heavy atom. The number of ether oxygens (including phenoxy) is 2. The Hall–Kier alpha value is 2.55. The maximum atomic E-state index is 11.8. The average Bonchev–Trinajstić information content (AvgIpc) is 3.01. The first-order valence-electron chi connectivity index (χ1n) is 12.6. The summed E-state index contributed by atoms with van der Waals surface area (Å²) in [4.78, 5) is 43.7. The Kier molecular flexibility index (Phi) is 43.1. The summed E-state index contributed by atoms with van der Waals surface area (Å²) in [5.74, 6) is 4.32. The zero-order chi connectivity index (χ0) is 31.3. The normalized spacial score (nSPS) is 11.2. The van der Waals surface area contributed by atoms with E-state index in [4.69, 9.17) is 39.2 Å². The van der Waals surface area contributed by atoms with Crippen LogP contribution >= 0.6 is 129 Å². The molecule has 10 nitrogen and oxygen atoms in total. The molecule has 0 radical (unpaired) electrons. The van der Waals surface area contributed by atoms with E-state index in [0.717, 1.165) is 42.0 Å². The lowest BCUT2D eigenvalue weighted by atomic mass is 10.8. The van der Waals surface area contributed by atoms with Crippen LogP contribution in [0, 0.1) is 0 Å². The molecule has 21 heteroatoms. The van der Waals surface area contributed by atoms with Gasteiger partial charge in [0.05, 0.1) is 43.2 Å². The molecule has 256 valence electrons. The third-order valence-electron chi connectivity index (χ3n) is 3.65. The number of aliphatic hydroxyl groups excluding tert-OH is 2. The van der Waals surface area contributed by atoms with Gasteiger partial charge in [0, 0.05) is 53.5 Å². The van der Waals surface area contributed by atoms with E-state index in [2.05, 4.69) is 0 Å². The fourth-order valence-corrected chi connectivity index (χ4v) is 11.5. The summed E-state index contributed by atoms with van der Waals surface area (Å²) in [6.07, 6.45) is 0. The molecule has 0 aromatic carbocycles. The minimum atomic E-state index is -0.210. The lowest BCUT2D eigenvalue weighted by Gasteiger charge is -2.06. The molecule has 43 heavy (non-hydrogen) atoms. The van der Waals surface area contributed by atoms with E-state index in [9.17, 15) is 9.59 Å². The SMILES string of the molecule is O=C(CSCSCSCCOOCSCSCSCOC(=O)CSCSCSCCOOCCSCO)OCCSCO. The predicted molar refractivity (Wildman–Crippen MR) is 202 cm³/mol. The van der Waals surface area contributed by atoms with E-state index in [1.165, 1.54) is 23.5 Å². The van der Waals surface area contributed by atoms with Crippen molar-refractivity contribution < 1.29 is 48.8 Å². The summed E-state index contributed by atoms with van der Waals surface area (Å²) in [6.45, 7) is 1.88. The van der Waals surface area contributed by atoms with Crippen LogP contribution in [0.3, 0.4) is 0 Å².